The molecule has 0 saturated carbocycles. The molecule has 1 amide bonds. The molecule has 0 N–H and O–H groups in total. The Morgan fingerprint density at radius 2 is 1.42 bits per heavy atom. The Labute approximate surface area is 238 Å². The van der Waals surface area contributed by atoms with E-state index in [1.54, 1.807) is 27.7 Å². The lowest BCUT2D eigenvalue weighted by Gasteiger charge is -2.54. The van der Waals surface area contributed by atoms with E-state index in [1.807, 2.05) is 6.92 Å². The van der Waals surface area contributed by atoms with Crippen LogP contribution in [0.5, 0.6) is 0 Å². The molecule has 0 spiro atoms. The largest absolute Gasteiger partial charge is 0.465 e. The smallest absolute Gasteiger partial charge is 0.344 e. The zero-order valence-electron chi connectivity index (χ0n) is 24.3. The van der Waals surface area contributed by atoms with Crippen molar-refractivity contribution in [2.45, 2.75) is 97.6 Å². The number of alkyl halides is 1. The molecule has 0 aromatic carbocycles. The van der Waals surface area contributed by atoms with Gasteiger partial charge in [0.05, 0.1) is 37.9 Å². The van der Waals surface area contributed by atoms with Crippen LogP contribution < -0.4 is 0 Å². The van der Waals surface area contributed by atoms with Crippen LogP contribution >= 0.6 is 23.8 Å². The number of thiocarbonyl (C=S) groups is 1. The molecule has 12 heteroatoms. The minimum Gasteiger partial charge on any atom is -0.465 e. The van der Waals surface area contributed by atoms with Gasteiger partial charge in [-0.05, 0) is 50.7 Å². The van der Waals surface area contributed by atoms with Gasteiger partial charge in [0.25, 0.3) is 0 Å². The molecular weight excluding hydrogens is 550 g/mol. The first-order valence-corrected chi connectivity index (χ1v) is 16.9. The summed E-state index contributed by atoms with van der Waals surface area (Å²) in [7, 11) is -2.24. The summed E-state index contributed by atoms with van der Waals surface area (Å²) in [6, 6.07) is -0.605. The van der Waals surface area contributed by atoms with Crippen molar-refractivity contribution in [2.24, 2.45) is 17.8 Å². The number of likely N-dealkylation sites (tertiary alicyclic amines) is 1. The Kier molecular flexibility index (Phi) is 12.9. The summed E-state index contributed by atoms with van der Waals surface area (Å²) in [5.74, 6) is -4.90. The molecule has 0 aromatic rings. The van der Waals surface area contributed by atoms with Gasteiger partial charge in [-0.15, -0.1) is 0 Å². The number of nitrogens with zero attached hydrogens (tertiary/aromatic N) is 1. The number of β-lactam (4-membered cyclic amide) rings is 1. The van der Waals surface area contributed by atoms with Crippen molar-refractivity contribution >= 4 is 60.8 Å². The SMILES string of the molecule is CCOC(=O)C(CC(=S)[C@H](C)[C@@H]1[C@@H]([C@@H](C)O[Si](C)(C)C(C)(C)C)C(=O)N1C(Cl)C(=O)OCC)C(=O)OCC. The van der Waals surface area contributed by atoms with Gasteiger partial charge in [-0.25, -0.2) is 4.79 Å². The van der Waals surface area contributed by atoms with E-state index in [0.717, 1.165) is 0 Å². The van der Waals surface area contributed by atoms with Crippen molar-refractivity contribution < 1.29 is 37.8 Å². The van der Waals surface area contributed by atoms with E-state index < -0.39 is 61.6 Å². The predicted molar refractivity (Wildman–Crippen MR) is 151 cm³/mol. The number of carbonyl (C=O) groups is 4. The second kappa shape index (κ2) is 14.2. The van der Waals surface area contributed by atoms with Crippen molar-refractivity contribution in [2.75, 3.05) is 19.8 Å². The van der Waals surface area contributed by atoms with Gasteiger partial charge in [-0.1, -0.05) is 51.5 Å². The highest BCUT2D eigenvalue weighted by atomic mass is 35.5. The van der Waals surface area contributed by atoms with Gasteiger partial charge in [0.2, 0.25) is 11.4 Å². The number of rotatable bonds is 14. The zero-order valence-corrected chi connectivity index (χ0v) is 26.9. The lowest BCUT2D eigenvalue weighted by Crippen LogP contribution is -2.71. The summed E-state index contributed by atoms with van der Waals surface area (Å²) < 4.78 is 21.7. The van der Waals surface area contributed by atoms with Gasteiger partial charge in [0.15, 0.2) is 14.2 Å². The zero-order chi connectivity index (χ0) is 29.6. The van der Waals surface area contributed by atoms with Crippen LogP contribution in [0.25, 0.3) is 0 Å². The molecule has 1 aliphatic heterocycles. The molecule has 218 valence electrons. The minimum atomic E-state index is -2.24. The lowest BCUT2D eigenvalue weighted by atomic mass is 9.74. The molecule has 0 aliphatic carbocycles. The van der Waals surface area contributed by atoms with Gasteiger partial charge < -0.3 is 23.5 Å². The molecular formula is C26H44ClNO8SSi. The maximum atomic E-state index is 13.4. The van der Waals surface area contributed by atoms with Crippen molar-refractivity contribution in [3.8, 4) is 0 Å². The maximum absolute atomic E-state index is 13.4. The fourth-order valence-corrected chi connectivity index (χ4v) is 6.24. The molecule has 9 nitrogen and oxygen atoms in total. The molecule has 1 unspecified atom stereocenters. The normalized spacial score (nSPS) is 20.3. The van der Waals surface area contributed by atoms with Crippen LogP contribution in [-0.4, -0.2) is 79.4 Å². The quantitative estimate of drug-likeness (QED) is 0.0420. The Balaban J connectivity index is 3.34. The third-order valence-electron chi connectivity index (χ3n) is 7.31. The fourth-order valence-electron chi connectivity index (χ4n) is 4.21. The molecule has 1 rings (SSSR count). The molecule has 1 aliphatic rings. The average Bonchev–Trinajstić information content (AvgIpc) is 2.79. The average molecular weight is 594 g/mol. The van der Waals surface area contributed by atoms with Crippen molar-refractivity contribution in [1.29, 1.82) is 0 Å². The summed E-state index contributed by atoms with van der Waals surface area (Å²) in [6.07, 6.45) is -0.588. The highest BCUT2D eigenvalue weighted by Gasteiger charge is 2.58. The number of hydrogen-bond donors (Lipinski definition) is 0. The fraction of sp³-hybridized carbons (Fsp3) is 0.808. The van der Waals surface area contributed by atoms with Crippen molar-refractivity contribution in [3.05, 3.63) is 0 Å². The van der Waals surface area contributed by atoms with E-state index in [2.05, 4.69) is 33.9 Å². The number of amides is 1. The van der Waals surface area contributed by atoms with E-state index in [-0.39, 0.29) is 37.2 Å². The highest BCUT2D eigenvalue weighted by Crippen LogP contribution is 2.43. The number of ether oxygens (including phenoxy) is 3. The van der Waals surface area contributed by atoms with E-state index in [9.17, 15) is 19.2 Å². The summed E-state index contributed by atoms with van der Waals surface area (Å²) in [4.78, 5) is 52.6. The first-order chi connectivity index (χ1) is 17.5. The summed E-state index contributed by atoms with van der Waals surface area (Å²) in [5, 5.41) is -0.0867. The highest BCUT2D eigenvalue weighted by molar-refractivity contribution is 7.80. The molecule has 38 heavy (non-hydrogen) atoms. The van der Waals surface area contributed by atoms with Crippen molar-refractivity contribution in [3.63, 3.8) is 0 Å². The number of carbonyl (C=O) groups excluding carboxylic acids is 4. The maximum Gasteiger partial charge on any atom is 0.344 e. The monoisotopic (exact) mass is 593 g/mol. The van der Waals surface area contributed by atoms with Crippen LogP contribution in [0.15, 0.2) is 0 Å². The van der Waals surface area contributed by atoms with Crippen LogP contribution in [0.4, 0.5) is 0 Å². The minimum absolute atomic E-state index is 0.0867. The molecule has 1 saturated heterocycles. The molecule has 0 aromatic heterocycles. The first kappa shape index (κ1) is 34.5. The Hall–Kier alpha value is -1.56. The Morgan fingerprint density at radius 3 is 1.84 bits per heavy atom. The number of halogens is 1. The van der Waals surface area contributed by atoms with Gasteiger partial charge in [0, 0.05) is 12.3 Å². The number of esters is 3. The van der Waals surface area contributed by atoms with E-state index in [4.69, 9.17) is 42.5 Å². The van der Waals surface area contributed by atoms with Crippen LogP contribution in [-0.2, 0) is 37.8 Å². The number of hydrogen-bond acceptors (Lipinski definition) is 9. The van der Waals surface area contributed by atoms with Crippen LogP contribution in [0, 0.1) is 17.8 Å². The summed E-state index contributed by atoms with van der Waals surface area (Å²) >= 11 is 12.1. The Morgan fingerprint density at radius 1 is 0.974 bits per heavy atom. The second-order valence-corrected chi connectivity index (χ2v) is 16.6. The topological polar surface area (TPSA) is 108 Å². The van der Waals surface area contributed by atoms with Gasteiger partial charge in [0.1, 0.15) is 0 Å². The van der Waals surface area contributed by atoms with Gasteiger partial charge in [-0.3, -0.25) is 14.4 Å². The third-order valence-corrected chi connectivity index (χ3v) is 12.8. The lowest BCUT2D eigenvalue weighted by molar-refractivity contribution is -0.175. The van der Waals surface area contributed by atoms with Crippen LogP contribution in [0.2, 0.25) is 18.1 Å². The molecule has 1 fully saturated rings. The van der Waals surface area contributed by atoms with E-state index in [1.165, 1.54) is 4.90 Å². The van der Waals surface area contributed by atoms with Crippen LogP contribution in [0.3, 0.4) is 0 Å². The third kappa shape index (κ3) is 7.99. The molecule has 5 atom stereocenters. The molecule has 1 heterocycles. The first-order valence-electron chi connectivity index (χ1n) is 13.1. The van der Waals surface area contributed by atoms with Crippen LogP contribution in [0.1, 0.15) is 61.8 Å². The van der Waals surface area contributed by atoms with Crippen molar-refractivity contribution in [1.82, 2.24) is 4.90 Å². The summed E-state index contributed by atoms with van der Waals surface area (Å²) in [5.41, 5.74) is -1.35. The molecule has 0 bridgehead atoms. The molecule has 0 radical (unpaired) electrons. The predicted octanol–water partition coefficient (Wildman–Crippen LogP) is 4.49. The summed E-state index contributed by atoms with van der Waals surface area (Å²) in [6.45, 7) is 19.4. The van der Waals surface area contributed by atoms with E-state index >= 15 is 0 Å². The van der Waals surface area contributed by atoms with E-state index in [0.29, 0.717) is 4.86 Å². The second-order valence-electron chi connectivity index (χ2n) is 10.9. The Bertz CT molecular complexity index is 875. The van der Waals surface area contributed by atoms with Gasteiger partial charge in [-0.2, -0.15) is 0 Å². The van der Waals surface area contributed by atoms with Gasteiger partial charge >= 0.3 is 17.9 Å². The standard InChI is InChI=1S/C26H44ClNO8SSi/c1-11-33-23(30)17(24(31)34-12-2)14-18(37)15(4)20-19(16(5)36-38(9,10)26(6,7)8)22(29)28(20)21(27)25(32)35-13-3/h15-17,19-21H,11-14H2,1-10H3/t15-,16+,19+,20+,21?/m0/s1.